The van der Waals surface area contributed by atoms with Gasteiger partial charge in [-0.25, -0.2) is 0 Å². The maximum absolute atomic E-state index is 6.34. The van der Waals surface area contributed by atoms with Crippen molar-refractivity contribution in [3.63, 3.8) is 0 Å². The highest BCUT2D eigenvalue weighted by atomic mass is 14.7. The minimum atomic E-state index is 0.206. The van der Waals surface area contributed by atoms with Gasteiger partial charge in [-0.2, -0.15) is 0 Å². The molecule has 1 atom stereocenters. The summed E-state index contributed by atoms with van der Waals surface area (Å²) < 4.78 is 0. The second-order valence-corrected chi connectivity index (χ2v) is 4.73. The lowest BCUT2D eigenvalue weighted by Crippen LogP contribution is -2.50. The van der Waals surface area contributed by atoms with Crippen LogP contribution in [-0.4, -0.2) is 6.04 Å². The van der Waals surface area contributed by atoms with Gasteiger partial charge in [0.15, 0.2) is 0 Å². The molecule has 0 heterocycles. The first-order chi connectivity index (χ1) is 7.79. The van der Waals surface area contributed by atoms with E-state index in [0.717, 1.165) is 12.8 Å². The van der Waals surface area contributed by atoms with Crippen molar-refractivity contribution in [2.24, 2.45) is 5.73 Å². The maximum Gasteiger partial charge on any atom is 0.0145 e. The molecule has 1 aliphatic carbocycles. The first kappa shape index (κ1) is 11.2. The van der Waals surface area contributed by atoms with Crippen molar-refractivity contribution in [2.75, 3.05) is 0 Å². The fourth-order valence-electron chi connectivity index (χ4n) is 2.72. The van der Waals surface area contributed by atoms with Gasteiger partial charge in [-0.3, -0.25) is 0 Å². The molecular formula is C15H19N. The van der Waals surface area contributed by atoms with E-state index in [1.165, 1.54) is 24.8 Å². The molecule has 1 aromatic carbocycles. The molecule has 16 heavy (non-hydrogen) atoms. The van der Waals surface area contributed by atoms with E-state index in [1.54, 1.807) is 0 Å². The largest absolute Gasteiger partial charge is 0.327 e. The highest BCUT2D eigenvalue weighted by Gasteiger charge is 2.43. The van der Waals surface area contributed by atoms with Crippen LogP contribution in [0.1, 0.15) is 37.7 Å². The molecule has 84 valence electrons. The molecule has 1 heteroatoms. The first-order valence-corrected chi connectivity index (χ1v) is 6.04. The van der Waals surface area contributed by atoms with E-state index < -0.39 is 0 Å². The molecule has 2 rings (SSSR count). The van der Waals surface area contributed by atoms with E-state index in [0.29, 0.717) is 0 Å². The fraction of sp³-hybridized carbons (Fsp3) is 0.467. The van der Waals surface area contributed by atoms with Crippen LogP contribution in [0.3, 0.4) is 0 Å². The molecule has 0 amide bonds. The number of terminal acetylenes is 1. The zero-order valence-corrected chi connectivity index (χ0v) is 9.65. The Labute approximate surface area is 98.0 Å². The number of hydrogen-bond acceptors (Lipinski definition) is 1. The zero-order valence-electron chi connectivity index (χ0n) is 9.65. The summed E-state index contributed by atoms with van der Waals surface area (Å²) in [7, 11) is 0. The molecular weight excluding hydrogens is 194 g/mol. The third-order valence-corrected chi connectivity index (χ3v) is 3.90. The third-order valence-electron chi connectivity index (χ3n) is 3.90. The van der Waals surface area contributed by atoms with E-state index in [4.69, 9.17) is 12.2 Å². The normalized spacial score (nSPS) is 19.5. The maximum atomic E-state index is 6.34. The van der Waals surface area contributed by atoms with Crippen LogP contribution >= 0.6 is 0 Å². The molecule has 1 saturated carbocycles. The fourth-order valence-corrected chi connectivity index (χ4v) is 2.72. The van der Waals surface area contributed by atoms with Gasteiger partial charge < -0.3 is 5.73 Å². The van der Waals surface area contributed by atoms with Crippen molar-refractivity contribution >= 4 is 0 Å². The van der Waals surface area contributed by atoms with Crippen molar-refractivity contribution in [3.05, 3.63) is 35.9 Å². The molecule has 1 aliphatic rings. The van der Waals surface area contributed by atoms with Crippen LogP contribution < -0.4 is 5.73 Å². The summed E-state index contributed by atoms with van der Waals surface area (Å²) in [4.78, 5) is 0. The average molecular weight is 213 g/mol. The molecule has 0 aliphatic heterocycles. The Bertz CT molecular complexity index is 370. The van der Waals surface area contributed by atoms with E-state index in [1.807, 2.05) is 0 Å². The minimum absolute atomic E-state index is 0.206. The Kier molecular flexibility index (Phi) is 3.31. The van der Waals surface area contributed by atoms with Gasteiger partial charge in [0.1, 0.15) is 0 Å². The van der Waals surface area contributed by atoms with Gasteiger partial charge in [-0.15, -0.1) is 12.3 Å². The van der Waals surface area contributed by atoms with E-state index in [-0.39, 0.29) is 11.5 Å². The van der Waals surface area contributed by atoms with Crippen LogP contribution in [0.4, 0.5) is 0 Å². The van der Waals surface area contributed by atoms with Crippen LogP contribution in [0.25, 0.3) is 0 Å². The molecule has 1 nitrogen and oxygen atoms in total. The van der Waals surface area contributed by atoms with Crippen LogP contribution in [0.5, 0.6) is 0 Å². The number of nitrogens with two attached hydrogens (primary N) is 1. The Morgan fingerprint density at radius 1 is 1.31 bits per heavy atom. The summed E-state index contributed by atoms with van der Waals surface area (Å²) >= 11 is 0. The predicted octanol–water partition coefficient (Wildman–Crippen LogP) is 2.85. The Hall–Kier alpha value is -1.26. The minimum Gasteiger partial charge on any atom is -0.327 e. The van der Waals surface area contributed by atoms with Gasteiger partial charge >= 0.3 is 0 Å². The lowest BCUT2D eigenvalue weighted by Gasteiger charge is -2.47. The number of hydrogen-bond donors (Lipinski definition) is 1. The van der Waals surface area contributed by atoms with Crippen molar-refractivity contribution in [2.45, 2.75) is 43.6 Å². The summed E-state index contributed by atoms with van der Waals surface area (Å²) in [6.45, 7) is 0. The van der Waals surface area contributed by atoms with Gasteiger partial charge in [-0.05, 0) is 24.8 Å². The van der Waals surface area contributed by atoms with Crippen LogP contribution in [0, 0.1) is 12.3 Å². The smallest absolute Gasteiger partial charge is 0.0145 e. The van der Waals surface area contributed by atoms with Crippen molar-refractivity contribution in [1.29, 1.82) is 0 Å². The number of rotatable bonds is 4. The Morgan fingerprint density at radius 2 is 2.00 bits per heavy atom. The van der Waals surface area contributed by atoms with E-state index >= 15 is 0 Å². The van der Waals surface area contributed by atoms with Gasteiger partial charge in [-0.1, -0.05) is 36.8 Å². The molecule has 1 aromatic rings. The Morgan fingerprint density at radius 3 is 2.50 bits per heavy atom. The highest BCUT2D eigenvalue weighted by molar-refractivity contribution is 5.30. The standard InChI is InChI=1S/C15H19N/c1-2-3-10-14(16)15(11-7-12-15)13-8-5-4-6-9-13/h1,4-6,8-9,14H,3,7,10-12,16H2. The van der Waals surface area contributed by atoms with Crippen LogP contribution in [0.15, 0.2) is 30.3 Å². The topological polar surface area (TPSA) is 26.0 Å². The molecule has 1 fully saturated rings. The molecule has 2 N–H and O–H groups in total. The summed E-state index contributed by atoms with van der Waals surface area (Å²) in [6.07, 6.45) is 10.7. The van der Waals surface area contributed by atoms with Crippen LogP contribution in [0.2, 0.25) is 0 Å². The predicted molar refractivity (Wildman–Crippen MR) is 68.0 cm³/mol. The highest BCUT2D eigenvalue weighted by Crippen LogP contribution is 2.46. The summed E-state index contributed by atoms with van der Waals surface area (Å²) in [5.41, 5.74) is 7.94. The van der Waals surface area contributed by atoms with E-state index in [9.17, 15) is 0 Å². The Balaban J connectivity index is 2.17. The number of benzene rings is 1. The lowest BCUT2D eigenvalue weighted by molar-refractivity contribution is 0.189. The second kappa shape index (κ2) is 4.72. The van der Waals surface area contributed by atoms with Crippen LogP contribution in [-0.2, 0) is 5.41 Å². The SMILES string of the molecule is C#CCCC(N)C1(c2ccccc2)CCC1. The van der Waals surface area contributed by atoms with Crippen molar-refractivity contribution < 1.29 is 0 Å². The van der Waals surface area contributed by atoms with Gasteiger partial charge in [0, 0.05) is 17.9 Å². The summed E-state index contributed by atoms with van der Waals surface area (Å²) in [6, 6.07) is 10.9. The molecule has 0 saturated heterocycles. The van der Waals surface area contributed by atoms with Crippen molar-refractivity contribution in [3.8, 4) is 12.3 Å². The average Bonchev–Trinajstić information content (AvgIpc) is 2.26. The molecule has 0 spiro atoms. The zero-order chi connectivity index (χ0) is 11.4. The quantitative estimate of drug-likeness (QED) is 0.765. The monoisotopic (exact) mass is 213 g/mol. The van der Waals surface area contributed by atoms with Gasteiger partial charge in [0.2, 0.25) is 0 Å². The first-order valence-electron chi connectivity index (χ1n) is 6.04. The molecule has 0 bridgehead atoms. The van der Waals surface area contributed by atoms with Gasteiger partial charge in [0.05, 0.1) is 0 Å². The lowest BCUT2D eigenvalue weighted by atomic mass is 9.59. The summed E-state index contributed by atoms with van der Waals surface area (Å²) in [5, 5.41) is 0. The second-order valence-electron chi connectivity index (χ2n) is 4.73. The molecule has 0 radical (unpaired) electrons. The molecule has 0 aromatic heterocycles. The third kappa shape index (κ3) is 1.86. The molecule has 1 unspecified atom stereocenters. The van der Waals surface area contributed by atoms with E-state index in [2.05, 4.69) is 36.3 Å². The van der Waals surface area contributed by atoms with Gasteiger partial charge in [0.25, 0.3) is 0 Å². The summed E-state index contributed by atoms with van der Waals surface area (Å²) in [5.74, 6) is 2.69. The van der Waals surface area contributed by atoms with Crippen molar-refractivity contribution in [1.82, 2.24) is 0 Å².